The first kappa shape index (κ1) is 10.9. The Kier molecular flexibility index (Phi) is 2.78. The van der Waals surface area contributed by atoms with Crippen molar-refractivity contribution in [2.45, 2.75) is 12.6 Å². The predicted molar refractivity (Wildman–Crippen MR) is 70.9 cm³/mol. The van der Waals surface area contributed by atoms with Gasteiger partial charge in [0.25, 0.3) is 0 Å². The van der Waals surface area contributed by atoms with E-state index < -0.39 is 0 Å². The van der Waals surface area contributed by atoms with Crippen molar-refractivity contribution in [3.63, 3.8) is 0 Å². The Morgan fingerprint density at radius 1 is 1.17 bits per heavy atom. The van der Waals surface area contributed by atoms with Crippen LogP contribution in [0, 0.1) is 0 Å². The number of fused-ring (bicyclic) bond motifs is 1. The molecule has 18 heavy (non-hydrogen) atoms. The summed E-state index contributed by atoms with van der Waals surface area (Å²) in [6.07, 6.45) is 5.96. The van der Waals surface area contributed by atoms with Crippen LogP contribution in [0.3, 0.4) is 0 Å². The second-order valence-corrected chi connectivity index (χ2v) is 4.27. The minimum absolute atomic E-state index is 0.111. The Morgan fingerprint density at radius 3 is 2.83 bits per heavy atom. The van der Waals surface area contributed by atoms with Gasteiger partial charge in [-0.1, -0.05) is 30.3 Å². The van der Waals surface area contributed by atoms with Crippen LogP contribution in [0.25, 0.3) is 11.0 Å². The number of nitrogens with two attached hydrogens (primary N) is 1. The average Bonchev–Trinajstić information content (AvgIpc) is 2.84. The molecular formula is C14H14N4. The molecule has 90 valence electrons. The van der Waals surface area contributed by atoms with Gasteiger partial charge in [-0.05, 0) is 11.6 Å². The Morgan fingerprint density at radius 2 is 2.00 bits per heavy atom. The van der Waals surface area contributed by atoms with E-state index >= 15 is 0 Å². The quantitative estimate of drug-likeness (QED) is 0.760. The molecule has 0 aliphatic carbocycles. The number of benzene rings is 1. The fourth-order valence-electron chi connectivity index (χ4n) is 2.10. The molecule has 0 radical (unpaired) electrons. The fourth-order valence-corrected chi connectivity index (χ4v) is 2.10. The van der Waals surface area contributed by atoms with E-state index in [0.29, 0.717) is 0 Å². The number of rotatable bonds is 3. The third-order valence-electron chi connectivity index (χ3n) is 3.02. The van der Waals surface area contributed by atoms with Crippen LogP contribution in [0.15, 0.2) is 55.1 Å². The molecule has 0 saturated carbocycles. The first-order valence-electron chi connectivity index (χ1n) is 5.90. The van der Waals surface area contributed by atoms with Gasteiger partial charge in [0.1, 0.15) is 5.52 Å². The third kappa shape index (κ3) is 1.98. The summed E-state index contributed by atoms with van der Waals surface area (Å²) < 4.78 is 1.99. The van der Waals surface area contributed by atoms with Crippen LogP contribution in [0.2, 0.25) is 0 Å². The topological polar surface area (TPSA) is 56.7 Å². The van der Waals surface area contributed by atoms with Crippen molar-refractivity contribution in [2.75, 3.05) is 0 Å². The maximum Gasteiger partial charge on any atom is 0.107 e. The van der Waals surface area contributed by atoms with Crippen molar-refractivity contribution < 1.29 is 0 Å². The van der Waals surface area contributed by atoms with Crippen LogP contribution in [0.5, 0.6) is 0 Å². The van der Waals surface area contributed by atoms with Crippen LogP contribution in [-0.4, -0.2) is 14.5 Å². The lowest BCUT2D eigenvalue weighted by Gasteiger charge is -2.14. The molecule has 0 fully saturated rings. The number of hydrogen-bond acceptors (Lipinski definition) is 3. The molecule has 4 heteroatoms. The summed E-state index contributed by atoms with van der Waals surface area (Å²) in [7, 11) is 0. The van der Waals surface area contributed by atoms with Crippen LogP contribution in [0.4, 0.5) is 0 Å². The Hall–Kier alpha value is -2.20. The SMILES string of the molecule is NC(Cc1ccccc1)n1cnc2cnccc21. The van der Waals surface area contributed by atoms with E-state index in [1.54, 1.807) is 18.7 Å². The van der Waals surface area contributed by atoms with E-state index in [9.17, 15) is 0 Å². The molecular weight excluding hydrogens is 224 g/mol. The third-order valence-corrected chi connectivity index (χ3v) is 3.02. The zero-order valence-corrected chi connectivity index (χ0v) is 9.90. The summed E-state index contributed by atoms with van der Waals surface area (Å²) in [5, 5.41) is 0. The maximum atomic E-state index is 6.24. The van der Waals surface area contributed by atoms with E-state index in [4.69, 9.17) is 5.73 Å². The van der Waals surface area contributed by atoms with Gasteiger partial charge in [-0.2, -0.15) is 0 Å². The van der Waals surface area contributed by atoms with Crippen LogP contribution >= 0.6 is 0 Å². The molecule has 2 aromatic heterocycles. The van der Waals surface area contributed by atoms with Gasteiger partial charge in [0.05, 0.1) is 24.2 Å². The molecule has 1 atom stereocenters. The van der Waals surface area contributed by atoms with Crippen molar-refractivity contribution in [3.8, 4) is 0 Å². The summed E-state index contributed by atoms with van der Waals surface area (Å²) >= 11 is 0. The minimum Gasteiger partial charge on any atom is -0.314 e. The molecule has 1 unspecified atom stereocenters. The van der Waals surface area contributed by atoms with E-state index in [2.05, 4.69) is 22.1 Å². The van der Waals surface area contributed by atoms with Crippen LogP contribution in [0.1, 0.15) is 11.7 Å². The van der Waals surface area contributed by atoms with Crippen molar-refractivity contribution in [2.24, 2.45) is 5.73 Å². The molecule has 4 nitrogen and oxygen atoms in total. The molecule has 0 aliphatic heterocycles. The second-order valence-electron chi connectivity index (χ2n) is 4.27. The van der Waals surface area contributed by atoms with Crippen molar-refractivity contribution in [1.29, 1.82) is 0 Å². The molecule has 0 saturated heterocycles. The van der Waals surface area contributed by atoms with Gasteiger partial charge in [0, 0.05) is 12.6 Å². The van der Waals surface area contributed by atoms with Gasteiger partial charge >= 0.3 is 0 Å². The zero-order valence-electron chi connectivity index (χ0n) is 9.90. The number of nitrogens with zero attached hydrogens (tertiary/aromatic N) is 3. The Bertz CT molecular complexity index is 645. The highest BCUT2D eigenvalue weighted by molar-refractivity contribution is 5.73. The van der Waals surface area contributed by atoms with Crippen molar-refractivity contribution in [1.82, 2.24) is 14.5 Å². The van der Waals surface area contributed by atoms with E-state index in [-0.39, 0.29) is 6.17 Å². The van der Waals surface area contributed by atoms with Crippen molar-refractivity contribution in [3.05, 3.63) is 60.7 Å². The number of pyridine rings is 1. The molecule has 3 aromatic rings. The van der Waals surface area contributed by atoms with Crippen molar-refractivity contribution >= 4 is 11.0 Å². The van der Waals surface area contributed by atoms with Gasteiger partial charge in [0.15, 0.2) is 0 Å². The number of aromatic nitrogens is 3. The second kappa shape index (κ2) is 4.58. The average molecular weight is 238 g/mol. The number of imidazole rings is 1. The standard InChI is InChI=1S/C14H14N4/c15-14(8-11-4-2-1-3-5-11)18-10-17-12-9-16-7-6-13(12)18/h1-7,9-10,14H,8,15H2. The zero-order chi connectivity index (χ0) is 12.4. The first-order valence-corrected chi connectivity index (χ1v) is 5.90. The normalized spacial score (nSPS) is 12.7. The molecule has 0 bridgehead atoms. The molecule has 0 amide bonds. The van der Waals surface area contributed by atoms with Gasteiger partial charge in [-0.25, -0.2) is 4.98 Å². The summed E-state index contributed by atoms with van der Waals surface area (Å²) in [5.74, 6) is 0. The lowest BCUT2D eigenvalue weighted by atomic mass is 10.1. The van der Waals surface area contributed by atoms with E-state index in [1.165, 1.54) is 5.56 Å². The largest absolute Gasteiger partial charge is 0.314 e. The monoisotopic (exact) mass is 238 g/mol. The van der Waals surface area contributed by atoms with Gasteiger partial charge in [-0.15, -0.1) is 0 Å². The maximum absolute atomic E-state index is 6.24. The smallest absolute Gasteiger partial charge is 0.107 e. The molecule has 2 heterocycles. The highest BCUT2D eigenvalue weighted by Gasteiger charge is 2.09. The summed E-state index contributed by atoms with van der Waals surface area (Å²) in [4.78, 5) is 8.35. The predicted octanol–water partition coefficient (Wildman–Crippen LogP) is 2.13. The summed E-state index contributed by atoms with van der Waals surface area (Å²) in [5.41, 5.74) is 9.36. The van der Waals surface area contributed by atoms with Gasteiger partial charge in [-0.3, -0.25) is 4.98 Å². The van der Waals surface area contributed by atoms with Crippen LogP contribution in [-0.2, 0) is 6.42 Å². The van der Waals surface area contributed by atoms with E-state index in [1.807, 2.05) is 28.8 Å². The first-order chi connectivity index (χ1) is 8.84. The Balaban J connectivity index is 1.90. The molecule has 1 aromatic carbocycles. The Labute approximate surface area is 105 Å². The van der Waals surface area contributed by atoms with Gasteiger partial charge in [0.2, 0.25) is 0 Å². The highest BCUT2D eigenvalue weighted by atomic mass is 15.1. The lowest BCUT2D eigenvalue weighted by molar-refractivity contribution is 0.532. The highest BCUT2D eigenvalue weighted by Crippen LogP contribution is 2.16. The molecule has 0 aliphatic rings. The van der Waals surface area contributed by atoms with E-state index in [0.717, 1.165) is 17.5 Å². The molecule has 2 N–H and O–H groups in total. The minimum atomic E-state index is -0.111. The summed E-state index contributed by atoms with van der Waals surface area (Å²) in [6.45, 7) is 0. The van der Waals surface area contributed by atoms with Crippen LogP contribution < -0.4 is 5.73 Å². The van der Waals surface area contributed by atoms with Gasteiger partial charge < -0.3 is 10.3 Å². The lowest BCUT2D eigenvalue weighted by Crippen LogP contribution is -2.20. The summed E-state index contributed by atoms with van der Waals surface area (Å²) in [6, 6.07) is 12.2. The number of hydrogen-bond donors (Lipinski definition) is 1. The molecule has 3 rings (SSSR count). The fraction of sp³-hybridized carbons (Fsp3) is 0.143. The molecule has 0 spiro atoms.